The Morgan fingerprint density at radius 1 is 1.21 bits per heavy atom. The van der Waals surface area contributed by atoms with E-state index in [-0.39, 0.29) is 11.9 Å². The second kappa shape index (κ2) is 7.66. The van der Waals surface area contributed by atoms with Gasteiger partial charge in [0.05, 0.1) is 12.6 Å². The zero-order valence-corrected chi connectivity index (χ0v) is 15.3. The average molecular weight is 329 g/mol. The predicted octanol–water partition coefficient (Wildman–Crippen LogP) is 2.65. The Balaban J connectivity index is 1.44. The molecule has 2 aliphatic heterocycles. The number of aryl methyl sites for hydroxylation is 2. The van der Waals surface area contributed by atoms with Crippen LogP contribution in [0.15, 0.2) is 18.2 Å². The molecule has 0 saturated carbocycles. The van der Waals surface area contributed by atoms with Crippen LogP contribution in [0.1, 0.15) is 48.9 Å². The molecule has 2 saturated heterocycles. The molecule has 0 bridgehead atoms. The summed E-state index contributed by atoms with van der Waals surface area (Å²) in [4.78, 5) is 17.2. The van der Waals surface area contributed by atoms with Crippen molar-refractivity contribution in [3.8, 4) is 0 Å². The van der Waals surface area contributed by atoms with Gasteiger partial charge in [-0.15, -0.1) is 0 Å². The van der Waals surface area contributed by atoms with Crippen LogP contribution in [-0.2, 0) is 4.79 Å². The van der Waals surface area contributed by atoms with Crippen molar-refractivity contribution in [2.75, 3.05) is 32.7 Å². The van der Waals surface area contributed by atoms with E-state index in [4.69, 9.17) is 0 Å². The third kappa shape index (κ3) is 4.17. The molecule has 2 heterocycles. The number of benzene rings is 1. The summed E-state index contributed by atoms with van der Waals surface area (Å²) in [5.41, 5.74) is 3.70. The smallest absolute Gasteiger partial charge is 0.234 e. The van der Waals surface area contributed by atoms with Crippen LogP contribution in [0.4, 0.5) is 0 Å². The molecule has 0 unspecified atom stereocenters. The van der Waals surface area contributed by atoms with Gasteiger partial charge in [-0.2, -0.15) is 0 Å². The molecule has 0 aliphatic carbocycles. The third-order valence-electron chi connectivity index (χ3n) is 5.49. The highest BCUT2D eigenvalue weighted by atomic mass is 16.2. The normalized spacial score (nSPS) is 21.3. The number of amides is 1. The maximum absolute atomic E-state index is 12.3. The first-order chi connectivity index (χ1) is 11.5. The highest BCUT2D eigenvalue weighted by Gasteiger charge is 2.33. The van der Waals surface area contributed by atoms with Crippen LogP contribution in [-0.4, -0.2) is 54.5 Å². The molecular weight excluding hydrogens is 298 g/mol. The second-order valence-electron chi connectivity index (χ2n) is 7.59. The number of piperidine rings is 1. The van der Waals surface area contributed by atoms with E-state index in [1.165, 1.54) is 49.0 Å². The van der Waals surface area contributed by atoms with E-state index < -0.39 is 0 Å². The number of likely N-dealkylation sites (tertiary alicyclic amines) is 2. The van der Waals surface area contributed by atoms with Crippen LogP contribution >= 0.6 is 0 Å². The van der Waals surface area contributed by atoms with Crippen LogP contribution in [0.2, 0.25) is 0 Å². The van der Waals surface area contributed by atoms with Gasteiger partial charge in [0.2, 0.25) is 5.91 Å². The van der Waals surface area contributed by atoms with Crippen molar-refractivity contribution in [2.24, 2.45) is 0 Å². The molecule has 0 aromatic heterocycles. The van der Waals surface area contributed by atoms with Crippen LogP contribution in [0, 0.1) is 13.8 Å². The number of nitrogens with one attached hydrogen (secondary N) is 1. The van der Waals surface area contributed by atoms with E-state index in [0.717, 1.165) is 13.1 Å². The Kier molecular flexibility index (Phi) is 5.57. The lowest BCUT2D eigenvalue weighted by atomic mass is 10.00. The van der Waals surface area contributed by atoms with Gasteiger partial charge in [0.1, 0.15) is 0 Å². The van der Waals surface area contributed by atoms with Gasteiger partial charge < -0.3 is 5.32 Å². The van der Waals surface area contributed by atoms with Crippen molar-refractivity contribution in [2.45, 2.75) is 52.1 Å². The molecule has 3 rings (SSSR count). The monoisotopic (exact) mass is 329 g/mol. The quantitative estimate of drug-likeness (QED) is 0.902. The molecule has 2 fully saturated rings. The van der Waals surface area contributed by atoms with Crippen molar-refractivity contribution in [3.63, 3.8) is 0 Å². The average Bonchev–Trinajstić information content (AvgIpc) is 2.53. The summed E-state index contributed by atoms with van der Waals surface area (Å²) in [5.74, 6) is 0.139. The summed E-state index contributed by atoms with van der Waals surface area (Å²) in [7, 11) is 0. The molecular formula is C20H31N3O. The molecule has 0 spiro atoms. The highest BCUT2D eigenvalue weighted by Crippen LogP contribution is 2.21. The van der Waals surface area contributed by atoms with E-state index in [1.807, 2.05) is 0 Å². The predicted molar refractivity (Wildman–Crippen MR) is 98.1 cm³/mol. The summed E-state index contributed by atoms with van der Waals surface area (Å²) in [6, 6.07) is 7.17. The maximum Gasteiger partial charge on any atom is 0.234 e. The topological polar surface area (TPSA) is 35.6 Å². The van der Waals surface area contributed by atoms with Crippen molar-refractivity contribution < 1.29 is 4.79 Å². The van der Waals surface area contributed by atoms with Gasteiger partial charge in [0.25, 0.3) is 0 Å². The zero-order chi connectivity index (χ0) is 17.1. The Morgan fingerprint density at radius 2 is 1.92 bits per heavy atom. The fraction of sp³-hybridized carbons (Fsp3) is 0.650. The van der Waals surface area contributed by atoms with Gasteiger partial charge in [-0.1, -0.05) is 30.2 Å². The van der Waals surface area contributed by atoms with Gasteiger partial charge in [0, 0.05) is 19.1 Å². The van der Waals surface area contributed by atoms with Crippen molar-refractivity contribution in [3.05, 3.63) is 34.9 Å². The van der Waals surface area contributed by atoms with Gasteiger partial charge in [0.15, 0.2) is 0 Å². The van der Waals surface area contributed by atoms with Crippen LogP contribution in [0.5, 0.6) is 0 Å². The standard InChI is InChI=1S/C20H31N3O/c1-15-7-8-16(2)19(11-15)17(3)21-20(24)14-22-12-18(13-22)23-9-5-4-6-10-23/h7-8,11,17-18H,4-6,9-10,12-14H2,1-3H3,(H,21,24)/t17-/m1/s1. The second-order valence-corrected chi connectivity index (χ2v) is 7.59. The van der Waals surface area contributed by atoms with Gasteiger partial charge in [-0.3, -0.25) is 14.6 Å². The van der Waals surface area contributed by atoms with Crippen LogP contribution in [0.25, 0.3) is 0 Å². The van der Waals surface area contributed by atoms with Crippen molar-refractivity contribution in [1.29, 1.82) is 0 Å². The lowest BCUT2D eigenvalue weighted by molar-refractivity contribution is -0.125. The Hall–Kier alpha value is -1.39. The van der Waals surface area contributed by atoms with Crippen molar-refractivity contribution in [1.82, 2.24) is 15.1 Å². The van der Waals surface area contributed by atoms with Gasteiger partial charge in [-0.25, -0.2) is 0 Å². The minimum absolute atomic E-state index is 0.0663. The number of carbonyl (C=O) groups is 1. The summed E-state index contributed by atoms with van der Waals surface area (Å²) in [6.07, 6.45) is 4.06. The van der Waals surface area contributed by atoms with Crippen molar-refractivity contribution >= 4 is 5.91 Å². The number of carbonyl (C=O) groups excluding carboxylic acids is 1. The summed E-state index contributed by atoms with van der Waals surface area (Å²) in [6.45, 7) is 11.4. The van der Waals surface area contributed by atoms with E-state index in [0.29, 0.717) is 12.6 Å². The highest BCUT2D eigenvalue weighted by molar-refractivity contribution is 5.78. The molecule has 1 atom stereocenters. The van der Waals surface area contributed by atoms with E-state index in [2.05, 4.69) is 54.1 Å². The minimum Gasteiger partial charge on any atom is -0.348 e. The molecule has 1 amide bonds. The molecule has 2 aliphatic rings. The van der Waals surface area contributed by atoms with Crippen LogP contribution < -0.4 is 5.32 Å². The Bertz CT molecular complexity index is 574. The fourth-order valence-corrected chi connectivity index (χ4v) is 3.98. The summed E-state index contributed by atoms with van der Waals surface area (Å²) < 4.78 is 0. The molecule has 1 aromatic rings. The number of hydrogen-bond donors (Lipinski definition) is 1. The first-order valence-electron chi connectivity index (χ1n) is 9.36. The summed E-state index contributed by atoms with van der Waals surface area (Å²) in [5, 5.41) is 3.16. The zero-order valence-electron chi connectivity index (χ0n) is 15.3. The molecule has 4 nitrogen and oxygen atoms in total. The molecule has 1 N–H and O–H groups in total. The first-order valence-corrected chi connectivity index (χ1v) is 9.36. The van der Waals surface area contributed by atoms with Gasteiger partial charge >= 0.3 is 0 Å². The molecule has 0 radical (unpaired) electrons. The SMILES string of the molecule is Cc1ccc(C)c([C@@H](C)NC(=O)CN2CC(N3CCCCC3)C2)c1. The maximum atomic E-state index is 12.3. The summed E-state index contributed by atoms with van der Waals surface area (Å²) >= 11 is 0. The molecule has 4 heteroatoms. The van der Waals surface area contributed by atoms with E-state index in [9.17, 15) is 4.79 Å². The molecule has 24 heavy (non-hydrogen) atoms. The minimum atomic E-state index is 0.0663. The third-order valence-corrected chi connectivity index (χ3v) is 5.49. The van der Waals surface area contributed by atoms with E-state index >= 15 is 0 Å². The number of hydrogen-bond acceptors (Lipinski definition) is 3. The van der Waals surface area contributed by atoms with E-state index in [1.54, 1.807) is 0 Å². The Morgan fingerprint density at radius 3 is 2.62 bits per heavy atom. The number of nitrogens with zero attached hydrogens (tertiary/aromatic N) is 2. The largest absolute Gasteiger partial charge is 0.348 e. The number of rotatable bonds is 5. The van der Waals surface area contributed by atoms with Crippen LogP contribution in [0.3, 0.4) is 0 Å². The lowest BCUT2D eigenvalue weighted by Gasteiger charge is -2.46. The fourth-order valence-electron chi connectivity index (χ4n) is 3.98. The first kappa shape index (κ1) is 17.4. The molecule has 1 aromatic carbocycles. The Labute approximate surface area is 146 Å². The lowest BCUT2D eigenvalue weighted by Crippen LogP contribution is -2.61. The molecule has 132 valence electrons. The van der Waals surface area contributed by atoms with Gasteiger partial charge in [-0.05, 0) is 57.8 Å².